The van der Waals surface area contributed by atoms with Gasteiger partial charge in [-0.3, -0.25) is 4.79 Å². The molecule has 0 fully saturated rings. The van der Waals surface area contributed by atoms with Crippen LogP contribution in [0.5, 0.6) is 0 Å². The Bertz CT molecular complexity index is 562. The Morgan fingerprint density at radius 2 is 2.14 bits per heavy atom. The van der Waals surface area contributed by atoms with E-state index in [-0.39, 0.29) is 5.56 Å². The average Bonchev–Trinajstić information content (AvgIpc) is 2.10. The normalized spacial score (nSPS) is 10.8. The molecule has 1 N–H and O–H groups in total. The fourth-order valence-electron chi connectivity index (χ4n) is 1.38. The van der Waals surface area contributed by atoms with Gasteiger partial charge >= 0.3 is 0 Å². The van der Waals surface area contributed by atoms with Crippen molar-refractivity contribution in [2.75, 3.05) is 0 Å². The Morgan fingerprint density at radius 3 is 2.86 bits per heavy atom. The van der Waals surface area contributed by atoms with E-state index in [1.165, 1.54) is 6.20 Å². The summed E-state index contributed by atoms with van der Waals surface area (Å²) in [4.78, 5) is 22.3. The molecule has 2 aromatic rings. The molecule has 2 rings (SSSR count). The van der Waals surface area contributed by atoms with Gasteiger partial charge < -0.3 is 4.98 Å². The van der Waals surface area contributed by atoms with Crippen molar-refractivity contribution in [3.05, 3.63) is 33.1 Å². The van der Waals surface area contributed by atoms with Gasteiger partial charge in [0.2, 0.25) is 0 Å². The molecule has 0 amide bonds. The highest BCUT2D eigenvalue weighted by atomic mass is 35.5. The van der Waals surface area contributed by atoms with Crippen LogP contribution in [0.25, 0.3) is 10.9 Å². The van der Waals surface area contributed by atoms with Crippen LogP contribution in [0.4, 0.5) is 0 Å². The van der Waals surface area contributed by atoms with Gasteiger partial charge in [-0.15, -0.1) is 0 Å². The van der Waals surface area contributed by atoms with Crippen LogP contribution < -0.4 is 5.56 Å². The molecule has 4 nitrogen and oxygen atoms in total. The van der Waals surface area contributed by atoms with Crippen molar-refractivity contribution < 1.29 is 0 Å². The van der Waals surface area contributed by atoms with E-state index in [9.17, 15) is 4.79 Å². The lowest BCUT2D eigenvalue weighted by molar-refractivity contribution is 1.05. The van der Waals surface area contributed by atoms with E-state index >= 15 is 0 Å². The van der Waals surface area contributed by atoms with Gasteiger partial charge in [0.15, 0.2) is 0 Å². The van der Waals surface area contributed by atoms with E-state index in [0.717, 1.165) is 0 Å². The van der Waals surface area contributed by atoms with Gasteiger partial charge in [0.25, 0.3) is 5.56 Å². The molecule has 0 radical (unpaired) electrons. The van der Waals surface area contributed by atoms with Gasteiger partial charge in [0, 0.05) is 5.56 Å². The SMILES string of the molecule is Cc1nc2cnc(Cl)c(C)c2c(=O)[nH]1. The molecule has 0 aliphatic heterocycles. The molecule has 2 aromatic heterocycles. The van der Waals surface area contributed by atoms with Crippen molar-refractivity contribution in [1.29, 1.82) is 0 Å². The average molecular weight is 210 g/mol. The van der Waals surface area contributed by atoms with E-state index in [1.54, 1.807) is 13.8 Å². The van der Waals surface area contributed by atoms with Crippen LogP contribution in [0.2, 0.25) is 5.15 Å². The molecule has 0 saturated carbocycles. The highest BCUT2D eigenvalue weighted by molar-refractivity contribution is 6.30. The number of hydrogen-bond donors (Lipinski definition) is 1. The number of hydrogen-bond acceptors (Lipinski definition) is 3. The van der Waals surface area contributed by atoms with Gasteiger partial charge in [0.1, 0.15) is 11.0 Å². The molecule has 72 valence electrons. The number of halogens is 1. The molecule has 5 heteroatoms. The maximum absolute atomic E-state index is 11.6. The number of aryl methyl sites for hydroxylation is 2. The summed E-state index contributed by atoms with van der Waals surface area (Å²) in [5.41, 5.74) is 1.07. The monoisotopic (exact) mass is 209 g/mol. The first-order valence-corrected chi connectivity index (χ1v) is 4.49. The molecule has 14 heavy (non-hydrogen) atoms. The molecule has 0 aromatic carbocycles. The largest absolute Gasteiger partial charge is 0.310 e. The lowest BCUT2D eigenvalue weighted by atomic mass is 10.2. The molecule has 0 aliphatic rings. The molecular weight excluding hydrogens is 202 g/mol. The van der Waals surface area contributed by atoms with E-state index < -0.39 is 0 Å². The first kappa shape index (κ1) is 9.15. The maximum atomic E-state index is 11.6. The van der Waals surface area contributed by atoms with Crippen LogP contribution in [-0.2, 0) is 0 Å². The fraction of sp³-hybridized carbons (Fsp3) is 0.222. The summed E-state index contributed by atoms with van der Waals surface area (Å²) in [6.45, 7) is 3.48. The minimum absolute atomic E-state index is 0.172. The fourth-order valence-corrected chi connectivity index (χ4v) is 1.52. The Kier molecular flexibility index (Phi) is 2.00. The van der Waals surface area contributed by atoms with Crippen molar-refractivity contribution in [2.24, 2.45) is 0 Å². The zero-order chi connectivity index (χ0) is 10.3. The van der Waals surface area contributed by atoms with Gasteiger partial charge in [-0.25, -0.2) is 9.97 Å². The number of nitrogens with zero attached hydrogens (tertiary/aromatic N) is 2. The Balaban J connectivity index is 3.03. The third-order valence-corrected chi connectivity index (χ3v) is 2.43. The first-order chi connectivity index (χ1) is 6.59. The van der Waals surface area contributed by atoms with Crippen molar-refractivity contribution in [1.82, 2.24) is 15.0 Å². The highest BCUT2D eigenvalue weighted by Crippen LogP contribution is 2.18. The molecule has 2 heterocycles. The van der Waals surface area contributed by atoms with E-state index in [0.29, 0.717) is 27.4 Å². The summed E-state index contributed by atoms with van der Waals surface area (Å²) in [6.07, 6.45) is 1.51. The molecule has 0 spiro atoms. The summed E-state index contributed by atoms with van der Waals surface area (Å²) < 4.78 is 0. The van der Waals surface area contributed by atoms with Crippen LogP contribution in [0.1, 0.15) is 11.4 Å². The second kappa shape index (κ2) is 3.06. The summed E-state index contributed by atoms with van der Waals surface area (Å²) in [5, 5.41) is 0.851. The summed E-state index contributed by atoms with van der Waals surface area (Å²) in [5.74, 6) is 0.575. The van der Waals surface area contributed by atoms with Gasteiger partial charge in [0.05, 0.1) is 17.1 Å². The van der Waals surface area contributed by atoms with Crippen molar-refractivity contribution >= 4 is 22.5 Å². The van der Waals surface area contributed by atoms with Crippen molar-refractivity contribution in [3.8, 4) is 0 Å². The first-order valence-electron chi connectivity index (χ1n) is 4.11. The standard InChI is InChI=1S/C9H8ClN3O/c1-4-7-6(3-11-8(4)10)12-5(2)13-9(7)14/h3H,1-2H3,(H,12,13,14). The topological polar surface area (TPSA) is 58.6 Å². The molecule has 0 saturated heterocycles. The van der Waals surface area contributed by atoms with Gasteiger partial charge in [-0.2, -0.15) is 0 Å². The lowest BCUT2D eigenvalue weighted by Crippen LogP contribution is -2.11. The minimum Gasteiger partial charge on any atom is -0.310 e. The van der Waals surface area contributed by atoms with E-state index in [1.807, 2.05) is 0 Å². The molecule has 0 unspecified atom stereocenters. The summed E-state index contributed by atoms with van der Waals surface area (Å²) in [6, 6.07) is 0. The quantitative estimate of drug-likeness (QED) is 0.671. The predicted molar refractivity (Wildman–Crippen MR) is 54.6 cm³/mol. The lowest BCUT2D eigenvalue weighted by Gasteiger charge is -2.02. The molecule has 0 aliphatic carbocycles. The zero-order valence-electron chi connectivity index (χ0n) is 7.76. The minimum atomic E-state index is -0.172. The Labute approximate surface area is 85.0 Å². The highest BCUT2D eigenvalue weighted by Gasteiger charge is 2.08. The summed E-state index contributed by atoms with van der Waals surface area (Å²) >= 11 is 5.81. The van der Waals surface area contributed by atoms with E-state index in [4.69, 9.17) is 11.6 Å². The van der Waals surface area contributed by atoms with Crippen LogP contribution >= 0.6 is 11.6 Å². The zero-order valence-corrected chi connectivity index (χ0v) is 8.51. The number of aromatic amines is 1. The van der Waals surface area contributed by atoms with Crippen LogP contribution in [-0.4, -0.2) is 15.0 Å². The summed E-state index contributed by atoms with van der Waals surface area (Å²) in [7, 11) is 0. The number of nitrogens with one attached hydrogen (secondary N) is 1. The number of rotatable bonds is 0. The molecular formula is C9H8ClN3O. The number of H-pyrrole nitrogens is 1. The number of pyridine rings is 1. The molecule has 0 bridgehead atoms. The van der Waals surface area contributed by atoms with Crippen molar-refractivity contribution in [3.63, 3.8) is 0 Å². The van der Waals surface area contributed by atoms with Crippen LogP contribution in [0.15, 0.2) is 11.0 Å². The van der Waals surface area contributed by atoms with Gasteiger partial charge in [-0.05, 0) is 13.8 Å². The van der Waals surface area contributed by atoms with E-state index in [2.05, 4.69) is 15.0 Å². The number of fused-ring (bicyclic) bond motifs is 1. The smallest absolute Gasteiger partial charge is 0.259 e. The Hall–Kier alpha value is -1.42. The van der Waals surface area contributed by atoms with Crippen LogP contribution in [0, 0.1) is 13.8 Å². The van der Waals surface area contributed by atoms with Crippen LogP contribution in [0.3, 0.4) is 0 Å². The predicted octanol–water partition coefficient (Wildman–Crippen LogP) is 1.59. The Morgan fingerprint density at radius 1 is 1.43 bits per heavy atom. The second-order valence-electron chi connectivity index (χ2n) is 3.09. The van der Waals surface area contributed by atoms with Gasteiger partial charge in [-0.1, -0.05) is 11.6 Å². The molecule has 0 atom stereocenters. The third-order valence-electron chi connectivity index (χ3n) is 2.05. The third kappa shape index (κ3) is 1.28. The van der Waals surface area contributed by atoms with Crippen molar-refractivity contribution in [2.45, 2.75) is 13.8 Å². The number of aromatic nitrogens is 3. The maximum Gasteiger partial charge on any atom is 0.259 e. The second-order valence-corrected chi connectivity index (χ2v) is 3.44.